The maximum Gasteiger partial charge on any atom is 0.0844 e. The highest BCUT2D eigenvalue weighted by molar-refractivity contribution is 5.29. The highest BCUT2D eigenvalue weighted by Gasteiger charge is 2.55. The van der Waals surface area contributed by atoms with Gasteiger partial charge in [0.25, 0.3) is 0 Å². The summed E-state index contributed by atoms with van der Waals surface area (Å²) < 4.78 is 12.9. The van der Waals surface area contributed by atoms with Crippen molar-refractivity contribution in [2.75, 3.05) is 0 Å². The number of hydrogen-bond donors (Lipinski definition) is 0. The summed E-state index contributed by atoms with van der Waals surface area (Å²) in [6.45, 7) is 7.73. The van der Waals surface area contributed by atoms with E-state index >= 15 is 0 Å². The third kappa shape index (κ3) is 2.66. The van der Waals surface area contributed by atoms with Gasteiger partial charge in [-0.15, -0.1) is 0 Å². The standard InChI is InChI=1S/C21H28O2/c1-20(2)13-18-17(10-9-16-11-12-21(18,3)23-16)19(20)22-14-15-7-5-4-6-8-15/h4-8,10,16,18-19H,9,11-14H2,1-3H3/t16-,18-,19+,21-/m0/s1. The van der Waals surface area contributed by atoms with Crippen molar-refractivity contribution in [1.82, 2.24) is 0 Å². The maximum atomic E-state index is 6.46. The molecule has 2 heteroatoms. The van der Waals surface area contributed by atoms with Gasteiger partial charge in [-0.1, -0.05) is 50.3 Å². The van der Waals surface area contributed by atoms with Crippen molar-refractivity contribution < 1.29 is 9.47 Å². The van der Waals surface area contributed by atoms with Gasteiger partial charge in [-0.25, -0.2) is 0 Å². The summed E-state index contributed by atoms with van der Waals surface area (Å²) in [7, 11) is 0. The molecule has 4 rings (SSSR count). The van der Waals surface area contributed by atoms with Gasteiger partial charge in [0.15, 0.2) is 0 Å². The van der Waals surface area contributed by atoms with Crippen molar-refractivity contribution in [3.63, 3.8) is 0 Å². The Balaban J connectivity index is 1.58. The van der Waals surface area contributed by atoms with Gasteiger partial charge < -0.3 is 9.47 Å². The van der Waals surface area contributed by atoms with Gasteiger partial charge in [0.2, 0.25) is 0 Å². The lowest BCUT2D eigenvalue weighted by Gasteiger charge is -2.31. The van der Waals surface area contributed by atoms with Crippen LogP contribution in [0.3, 0.4) is 0 Å². The molecule has 0 spiro atoms. The van der Waals surface area contributed by atoms with E-state index in [9.17, 15) is 0 Å². The zero-order valence-corrected chi connectivity index (χ0v) is 14.5. The van der Waals surface area contributed by atoms with Crippen molar-refractivity contribution in [2.45, 2.75) is 70.9 Å². The Morgan fingerprint density at radius 3 is 2.74 bits per heavy atom. The van der Waals surface area contributed by atoms with Gasteiger partial charge in [-0.05, 0) is 49.2 Å². The second kappa shape index (κ2) is 5.46. The van der Waals surface area contributed by atoms with Crippen molar-refractivity contribution in [3.8, 4) is 0 Å². The van der Waals surface area contributed by atoms with Crippen LogP contribution in [-0.2, 0) is 16.1 Å². The van der Waals surface area contributed by atoms with Gasteiger partial charge in [-0.3, -0.25) is 0 Å². The fourth-order valence-electron chi connectivity index (χ4n) is 4.91. The van der Waals surface area contributed by atoms with Crippen LogP contribution in [0.4, 0.5) is 0 Å². The van der Waals surface area contributed by atoms with E-state index in [0.717, 1.165) is 6.42 Å². The number of hydrogen-bond acceptors (Lipinski definition) is 2. The predicted molar refractivity (Wildman–Crippen MR) is 92.1 cm³/mol. The van der Waals surface area contributed by atoms with Gasteiger partial charge in [-0.2, -0.15) is 0 Å². The second-order valence-electron chi connectivity index (χ2n) is 8.45. The largest absolute Gasteiger partial charge is 0.371 e. The first kappa shape index (κ1) is 15.4. The quantitative estimate of drug-likeness (QED) is 0.740. The molecule has 0 aromatic heterocycles. The molecule has 3 aliphatic rings. The lowest BCUT2D eigenvalue weighted by atomic mass is 9.80. The molecule has 0 N–H and O–H groups in total. The molecule has 2 nitrogen and oxygen atoms in total. The van der Waals surface area contributed by atoms with E-state index in [1.807, 2.05) is 0 Å². The number of rotatable bonds is 3. The monoisotopic (exact) mass is 312 g/mol. The highest BCUT2D eigenvalue weighted by Crippen LogP contribution is 2.56. The third-order valence-corrected chi connectivity index (χ3v) is 6.16. The molecule has 23 heavy (non-hydrogen) atoms. The van der Waals surface area contributed by atoms with Crippen molar-refractivity contribution in [3.05, 3.63) is 47.5 Å². The van der Waals surface area contributed by atoms with Crippen LogP contribution < -0.4 is 0 Å². The number of fused-ring (bicyclic) bond motifs is 4. The Bertz CT molecular complexity index is 604. The Kier molecular flexibility index (Phi) is 3.66. The molecule has 124 valence electrons. The van der Waals surface area contributed by atoms with Crippen LogP contribution in [0.25, 0.3) is 0 Å². The first-order valence-corrected chi connectivity index (χ1v) is 9.01. The van der Waals surface area contributed by atoms with Gasteiger partial charge >= 0.3 is 0 Å². The second-order valence-corrected chi connectivity index (χ2v) is 8.45. The Labute approximate surface area is 139 Å². The summed E-state index contributed by atoms with van der Waals surface area (Å²) in [6, 6.07) is 10.5. The molecule has 2 bridgehead atoms. The number of ether oxygens (including phenoxy) is 2. The van der Waals surface area contributed by atoms with Crippen molar-refractivity contribution in [1.29, 1.82) is 0 Å². The Morgan fingerprint density at radius 1 is 1.17 bits per heavy atom. The van der Waals surface area contributed by atoms with Gasteiger partial charge in [0.1, 0.15) is 0 Å². The van der Waals surface area contributed by atoms with E-state index in [1.54, 1.807) is 0 Å². The average molecular weight is 312 g/mol. The minimum Gasteiger partial charge on any atom is -0.371 e. The minimum atomic E-state index is 0.0229. The molecule has 4 atom stereocenters. The zero-order chi connectivity index (χ0) is 16.1. The van der Waals surface area contributed by atoms with Gasteiger partial charge in [0, 0.05) is 5.92 Å². The number of benzene rings is 1. The van der Waals surface area contributed by atoms with Crippen LogP contribution in [0.2, 0.25) is 0 Å². The van der Waals surface area contributed by atoms with Gasteiger partial charge in [0.05, 0.1) is 24.4 Å². The lowest BCUT2D eigenvalue weighted by molar-refractivity contribution is -0.0537. The molecule has 0 unspecified atom stereocenters. The van der Waals surface area contributed by atoms with Crippen LogP contribution in [-0.4, -0.2) is 17.8 Å². The molecule has 0 radical (unpaired) electrons. The molecule has 1 aromatic rings. The van der Waals surface area contributed by atoms with Crippen LogP contribution in [0.5, 0.6) is 0 Å². The molecule has 2 heterocycles. The Morgan fingerprint density at radius 2 is 1.96 bits per heavy atom. The highest BCUT2D eigenvalue weighted by atomic mass is 16.5. The van der Waals surface area contributed by atoms with E-state index in [0.29, 0.717) is 18.6 Å². The van der Waals surface area contributed by atoms with Crippen LogP contribution in [0.1, 0.15) is 52.0 Å². The topological polar surface area (TPSA) is 18.5 Å². The Hall–Kier alpha value is -1.12. The third-order valence-electron chi connectivity index (χ3n) is 6.16. The molecular weight excluding hydrogens is 284 g/mol. The van der Waals surface area contributed by atoms with E-state index in [2.05, 4.69) is 57.2 Å². The summed E-state index contributed by atoms with van der Waals surface area (Å²) in [6.07, 6.45) is 7.73. The molecule has 1 saturated heterocycles. The van der Waals surface area contributed by atoms with Crippen molar-refractivity contribution in [2.24, 2.45) is 11.3 Å². The minimum absolute atomic E-state index is 0.0229. The van der Waals surface area contributed by atoms with Crippen molar-refractivity contribution >= 4 is 0 Å². The van der Waals surface area contributed by atoms with E-state index in [4.69, 9.17) is 9.47 Å². The van der Waals surface area contributed by atoms with E-state index < -0.39 is 0 Å². The molecule has 0 amide bonds. The normalized spacial score (nSPS) is 38.0. The molecule has 1 aliphatic carbocycles. The fraction of sp³-hybridized carbons (Fsp3) is 0.619. The fourth-order valence-corrected chi connectivity index (χ4v) is 4.91. The van der Waals surface area contributed by atoms with Crippen LogP contribution in [0.15, 0.2) is 42.0 Å². The van der Waals surface area contributed by atoms with Crippen LogP contribution >= 0.6 is 0 Å². The summed E-state index contributed by atoms with van der Waals surface area (Å²) in [5.41, 5.74) is 2.96. The van der Waals surface area contributed by atoms with E-state index in [-0.39, 0.29) is 17.1 Å². The zero-order valence-electron chi connectivity index (χ0n) is 14.5. The predicted octanol–water partition coefficient (Wildman–Crippen LogP) is 4.89. The van der Waals surface area contributed by atoms with Crippen LogP contribution in [0, 0.1) is 11.3 Å². The molecule has 1 aromatic carbocycles. The molecular formula is C21H28O2. The van der Waals surface area contributed by atoms with E-state index in [1.165, 1.54) is 30.4 Å². The SMILES string of the molecule is CC1(C)C[C@H]2C(=CC[C@H]3CC[C@]2(C)O3)[C@H]1OCc1ccccc1. The first-order valence-electron chi connectivity index (χ1n) is 9.01. The molecule has 2 fully saturated rings. The smallest absolute Gasteiger partial charge is 0.0844 e. The molecule has 2 aliphatic heterocycles. The maximum absolute atomic E-state index is 6.46. The summed E-state index contributed by atoms with van der Waals surface area (Å²) >= 11 is 0. The lowest BCUT2D eigenvalue weighted by Crippen LogP contribution is -2.34. The summed E-state index contributed by atoms with van der Waals surface area (Å²) in [5.74, 6) is 0.519. The first-order chi connectivity index (χ1) is 11.0. The summed E-state index contributed by atoms with van der Waals surface area (Å²) in [4.78, 5) is 0. The summed E-state index contributed by atoms with van der Waals surface area (Å²) in [5, 5.41) is 0. The average Bonchev–Trinajstić information content (AvgIpc) is 2.98. The molecule has 1 saturated carbocycles.